The number of ether oxygens (including phenoxy) is 1. The van der Waals surface area contributed by atoms with Crippen LogP contribution in [-0.2, 0) is 0 Å². The molecular formula is C30H29NO3. The number of carboxylic acid groups (broad SMARTS) is 1. The normalized spacial score (nSPS) is 16.0. The van der Waals surface area contributed by atoms with Gasteiger partial charge in [-0.2, -0.15) is 0 Å². The van der Waals surface area contributed by atoms with Crippen molar-refractivity contribution in [2.24, 2.45) is 0 Å². The number of para-hydroxylation sites is 2. The minimum Gasteiger partial charge on any atom is -0.486 e. The van der Waals surface area contributed by atoms with E-state index in [1.54, 1.807) is 18.2 Å². The fourth-order valence-electron chi connectivity index (χ4n) is 4.99. The molecule has 0 radical (unpaired) electrons. The van der Waals surface area contributed by atoms with E-state index in [4.69, 9.17) is 4.74 Å². The molecule has 0 saturated carbocycles. The molecule has 5 rings (SSSR count). The van der Waals surface area contributed by atoms with E-state index in [0.717, 1.165) is 36.4 Å². The van der Waals surface area contributed by atoms with E-state index >= 15 is 0 Å². The summed E-state index contributed by atoms with van der Waals surface area (Å²) in [6, 6.07) is 30.3. The van der Waals surface area contributed by atoms with Gasteiger partial charge in [-0.25, -0.2) is 4.79 Å². The number of hydrogen-bond donors (Lipinski definition) is 1. The summed E-state index contributed by atoms with van der Waals surface area (Å²) < 4.78 is 6.36. The monoisotopic (exact) mass is 451 g/mol. The Morgan fingerprint density at radius 3 is 2.65 bits per heavy atom. The molecule has 1 N–H and O–H groups in total. The SMILES string of the molecule is C[C@@H](CCCC1CN(c2cccc(C(=O)O)c2)c2ccccc2O1)c1cccc2ccccc12. The lowest BCUT2D eigenvalue weighted by atomic mass is 9.90. The molecule has 2 atom stereocenters. The van der Waals surface area contributed by atoms with Crippen LogP contribution in [0.4, 0.5) is 11.4 Å². The zero-order valence-corrected chi connectivity index (χ0v) is 19.4. The highest BCUT2D eigenvalue weighted by Gasteiger charge is 2.27. The highest BCUT2D eigenvalue weighted by Crippen LogP contribution is 2.39. The summed E-state index contributed by atoms with van der Waals surface area (Å²) >= 11 is 0. The number of hydrogen-bond acceptors (Lipinski definition) is 3. The molecule has 172 valence electrons. The van der Waals surface area contributed by atoms with E-state index in [0.29, 0.717) is 18.0 Å². The van der Waals surface area contributed by atoms with E-state index in [1.165, 1.54) is 16.3 Å². The average molecular weight is 452 g/mol. The molecule has 0 fully saturated rings. The van der Waals surface area contributed by atoms with Gasteiger partial charge in [0, 0.05) is 5.69 Å². The Kier molecular flexibility index (Phi) is 6.22. The third kappa shape index (κ3) is 4.49. The van der Waals surface area contributed by atoms with Gasteiger partial charge in [0.1, 0.15) is 11.9 Å². The van der Waals surface area contributed by atoms with Crippen LogP contribution in [0.25, 0.3) is 10.8 Å². The van der Waals surface area contributed by atoms with Crippen LogP contribution in [-0.4, -0.2) is 23.7 Å². The van der Waals surface area contributed by atoms with Gasteiger partial charge in [0.25, 0.3) is 0 Å². The minimum absolute atomic E-state index is 0.0445. The van der Waals surface area contributed by atoms with Crippen LogP contribution in [0.2, 0.25) is 0 Å². The maximum Gasteiger partial charge on any atom is 0.335 e. The molecule has 34 heavy (non-hydrogen) atoms. The van der Waals surface area contributed by atoms with Gasteiger partial charge in [0.15, 0.2) is 0 Å². The Bertz CT molecular complexity index is 1310. The number of nitrogens with zero attached hydrogens (tertiary/aromatic N) is 1. The van der Waals surface area contributed by atoms with Crippen LogP contribution in [0.1, 0.15) is 48.0 Å². The van der Waals surface area contributed by atoms with Crippen LogP contribution >= 0.6 is 0 Å². The molecule has 4 aromatic carbocycles. The summed E-state index contributed by atoms with van der Waals surface area (Å²) in [6.45, 7) is 3.01. The molecule has 1 aliphatic heterocycles. The van der Waals surface area contributed by atoms with Gasteiger partial charge in [-0.05, 0) is 71.8 Å². The standard InChI is InChI=1S/C30H29NO3/c1-21(26-16-8-11-22-10-2-3-15-27(22)26)9-6-14-25-20-31(28-17-4-5-18-29(28)34-25)24-13-7-12-23(19-24)30(32)33/h2-5,7-8,10-13,15-19,21,25H,6,9,14,20H2,1H3,(H,32,33)/t21-,25?/m0/s1. The number of carboxylic acids is 1. The number of carbonyl (C=O) groups is 1. The highest BCUT2D eigenvalue weighted by atomic mass is 16.5. The summed E-state index contributed by atoms with van der Waals surface area (Å²) in [5, 5.41) is 12.1. The number of fused-ring (bicyclic) bond motifs is 2. The van der Waals surface area contributed by atoms with Gasteiger partial charge in [0.2, 0.25) is 0 Å². The first kappa shape index (κ1) is 22.0. The molecule has 1 unspecified atom stereocenters. The summed E-state index contributed by atoms with van der Waals surface area (Å²) in [5.74, 6) is 0.397. The Labute approximate surface area is 200 Å². The first-order chi connectivity index (χ1) is 16.6. The lowest BCUT2D eigenvalue weighted by Gasteiger charge is -2.36. The van der Waals surface area contributed by atoms with Crippen LogP contribution in [0.5, 0.6) is 5.75 Å². The van der Waals surface area contributed by atoms with Crippen molar-refractivity contribution in [2.75, 3.05) is 11.4 Å². The molecule has 0 spiro atoms. The Hall–Kier alpha value is -3.79. The molecule has 0 bridgehead atoms. The Balaban J connectivity index is 1.30. The van der Waals surface area contributed by atoms with Crippen molar-refractivity contribution in [3.05, 3.63) is 102 Å². The Morgan fingerprint density at radius 2 is 1.76 bits per heavy atom. The first-order valence-electron chi connectivity index (χ1n) is 11.9. The summed E-state index contributed by atoms with van der Waals surface area (Å²) in [5.41, 5.74) is 3.55. The summed E-state index contributed by atoms with van der Waals surface area (Å²) in [7, 11) is 0. The molecule has 4 aromatic rings. The number of aromatic carboxylic acids is 1. The van der Waals surface area contributed by atoms with Crippen molar-refractivity contribution in [3.63, 3.8) is 0 Å². The van der Waals surface area contributed by atoms with Crippen LogP contribution in [0.3, 0.4) is 0 Å². The van der Waals surface area contributed by atoms with Gasteiger partial charge in [-0.15, -0.1) is 0 Å². The second kappa shape index (κ2) is 9.60. The van der Waals surface area contributed by atoms with E-state index in [1.807, 2.05) is 30.3 Å². The van der Waals surface area contributed by atoms with E-state index in [9.17, 15) is 9.90 Å². The smallest absolute Gasteiger partial charge is 0.335 e. The van der Waals surface area contributed by atoms with Crippen molar-refractivity contribution in [3.8, 4) is 5.75 Å². The maximum atomic E-state index is 11.5. The van der Waals surface area contributed by atoms with Gasteiger partial charge < -0.3 is 14.7 Å². The fraction of sp³-hybridized carbons (Fsp3) is 0.233. The third-order valence-corrected chi connectivity index (χ3v) is 6.76. The quantitative estimate of drug-likeness (QED) is 0.318. The van der Waals surface area contributed by atoms with Gasteiger partial charge >= 0.3 is 5.97 Å². The number of rotatable bonds is 7. The Morgan fingerprint density at radius 1 is 1.00 bits per heavy atom. The summed E-state index contributed by atoms with van der Waals surface area (Å²) in [6.07, 6.45) is 3.13. The van der Waals surface area contributed by atoms with E-state index in [2.05, 4.69) is 54.3 Å². The zero-order chi connectivity index (χ0) is 23.5. The molecule has 0 aliphatic carbocycles. The van der Waals surface area contributed by atoms with Crippen molar-refractivity contribution >= 4 is 28.1 Å². The second-order valence-electron chi connectivity index (χ2n) is 9.07. The van der Waals surface area contributed by atoms with Gasteiger partial charge in [0.05, 0.1) is 17.8 Å². The predicted octanol–water partition coefficient (Wildman–Crippen LogP) is 7.41. The largest absolute Gasteiger partial charge is 0.486 e. The molecule has 1 heterocycles. The predicted molar refractivity (Wildman–Crippen MR) is 137 cm³/mol. The molecule has 1 aliphatic rings. The lowest BCUT2D eigenvalue weighted by molar-refractivity contribution is 0.0697. The van der Waals surface area contributed by atoms with Gasteiger partial charge in [-0.1, -0.05) is 67.6 Å². The van der Waals surface area contributed by atoms with Crippen molar-refractivity contribution in [1.29, 1.82) is 0 Å². The van der Waals surface area contributed by atoms with Crippen LogP contribution < -0.4 is 9.64 Å². The maximum absolute atomic E-state index is 11.5. The van der Waals surface area contributed by atoms with Crippen LogP contribution in [0.15, 0.2) is 91.0 Å². The summed E-state index contributed by atoms with van der Waals surface area (Å²) in [4.78, 5) is 13.7. The van der Waals surface area contributed by atoms with Gasteiger partial charge in [-0.3, -0.25) is 0 Å². The lowest BCUT2D eigenvalue weighted by Crippen LogP contribution is -2.37. The van der Waals surface area contributed by atoms with Crippen LogP contribution in [0, 0.1) is 0 Å². The minimum atomic E-state index is -0.914. The molecule has 0 saturated heterocycles. The molecule has 4 heteroatoms. The van der Waals surface area contributed by atoms with E-state index in [-0.39, 0.29) is 6.10 Å². The second-order valence-corrected chi connectivity index (χ2v) is 9.07. The first-order valence-corrected chi connectivity index (χ1v) is 11.9. The highest BCUT2D eigenvalue weighted by molar-refractivity contribution is 5.89. The number of benzene rings is 4. The topological polar surface area (TPSA) is 49.8 Å². The molecule has 4 nitrogen and oxygen atoms in total. The van der Waals surface area contributed by atoms with Crippen molar-refractivity contribution < 1.29 is 14.6 Å². The van der Waals surface area contributed by atoms with Crippen molar-refractivity contribution in [1.82, 2.24) is 0 Å². The van der Waals surface area contributed by atoms with Crippen molar-refractivity contribution in [2.45, 2.75) is 38.2 Å². The number of anilines is 2. The molecule has 0 amide bonds. The molecular weight excluding hydrogens is 422 g/mol. The fourth-order valence-corrected chi connectivity index (χ4v) is 4.99. The average Bonchev–Trinajstić information content (AvgIpc) is 2.88. The zero-order valence-electron chi connectivity index (χ0n) is 19.4. The van der Waals surface area contributed by atoms with E-state index < -0.39 is 5.97 Å². The third-order valence-electron chi connectivity index (χ3n) is 6.76. The molecule has 0 aromatic heterocycles.